The Morgan fingerprint density at radius 1 is 0.434 bits per heavy atom. The van der Waals surface area contributed by atoms with Crippen molar-refractivity contribution in [3.05, 3.63) is 163 Å². The Balaban J connectivity index is 1.06. The van der Waals surface area contributed by atoms with Crippen LogP contribution in [0.1, 0.15) is 0 Å². The standard InChI is InChI=1S/C46H25N5O2/c1-47-36-14-9-17-40-43(36)35-24-28(20-23-39(35)52-40)29-18-21-33-34-22-19-30(26-42(34)53-41(33)25-29)45-48-44(27-10-3-2-4-11-27)49-46(50-45)51-37-15-7-5-12-31(37)32-13-6-8-16-38(32)51/h2-26H. The zero-order valence-electron chi connectivity index (χ0n) is 28.0. The molecule has 0 spiro atoms. The number of rotatable bonds is 4. The van der Waals surface area contributed by atoms with E-state index in [2.05, 4.69) is 82.2 Å². The molecule has 0 saturated carbocycles. The van der Waals surface area contributed by atoms with E-state index in [0.29, 0.717) is 28.9 Å². The Kier molecular flexibility index (Phi) is 6.18. The predicted molar refractivity (Wildman–Crippen MR) is 211 cm³/mol. The Labute approximate surface area is 301 Å². The molecular weight excluding hydrogens is 655 g/mol. The number of fused-ring (bicyclic) bond motifs is 9. The SMILES string of the molecule is [C-]#[N+]c1cccc2oc3ccc(-c4ccc5c(c4)oc4cc(-c6nc(-c7ccccc7)nc(-n7c8ccccc8c8ccccc87)n6)ccc45)cc3c12. The lowest BCUT2D eigenvalue weighted by Gasteiger charge is -2.10. The molecule has 0 bridgehead atoms. The van der Waals surface area contributed by atoms with Crippen molar-refractivity contribution in [3.63, 3.8) is 0 Å². The monoisotopic (exact) mass is 679 g/mol. The normalized spacial score (nSPS) is 11.8. The minimum atomic E-state index is 0.548. The lowest BCUT2D eigenvalue weighted by molar-refractivity contribution is 0.669. The highest BCUT2D eigenvalue weighted by atomic mass is 16.3. The van der Waals surface area contributed by atoms with Gasteiger partial charge in [-0.25, -0.2) is 9.83 Å². The summed E-state index contributed by atoms with van der Waals surface area (Å²) in [6.07, 6.45) is 0. The fourth-order valence-corrected chi connectivity index (χ4v) is 7.62. The highest BCUT2D eigenvalue weighted by Gasteiger charge is 2.19. The molecular formula is C46H25N5O2. The molecule has 53 heavy (non-hydrogen) atoms. The highest BCUT2D eigenvalue weighted by molar-refractivity contribution is 6.13. The predicted octanol–water partition coefficient (Wildman–Crippen LogP) is 12.3. The van der Waals surface area contributed by atoms with Crippen molar-refractivity contribution in [1.82, 2.24) is 19.5 Å². The third kappa shape index (κ3) is 4.50. The number of hydrogen-bond donors (Lipinski definition) is 0. The first-order chi connectivity index (χ1) is 26.2. The van der Waals surface area contributed by atoms with Gasteiger partial charge in [-0.1, -0.05) is 97.1 Å². The van der Waals surface area contributed by atoms with E-state index in [0.717, 1.165) is 82.4 Å². The van der Waals surface area contributed by atoms with Gasteiger partial charge in [-0.2, -0.15) is 9.97 Å². The van der Waals surface area contributed by atoms with E-state index in [-0.39, 0.29) is 0 Å². The lowest BCUT2D eigenvalue weighted by atomic mass is 10.0. The van der Waals surface area contributed by atoms with Crippen molar-refractivity contribution < 1.29 is 8.83 Å². The summed E-state index contributed by atoms with van der Waals surface area (Å²) >= 11 is 0. The van der Waals surface area contributed by atoms with E-state index in [1.54, 1.807) is 0 Å². The molecule has 4 aromatic heterocycles. The van der Waals surface area contributed by atoms with Crippen LogP contribution in [-0.2, 0) is 0 Å². The first-order valence-corrected chi connectivity index (χ1v) is 17.3. The molecule has 0 radical (unpaired) electrons. The molecule has 0 aliphatic rings. The van der Waals surface area contributed by atoms with E-state index in [4.69, 9.17) is 30.4 Å². The van der Waals surface area contributed by atoms with Gasteiger partial charge in [0.25, 0.3) is 0 Å². The van der Waals surface area contributed by atoms with Crippen molar-refractivity contribution >= 4 is 71.4 Å². The van der Waals surface area contributed by atoms with Crippen LogP contribution < -0.4 is 0 Å². The molecule has 0 atom stereocenters. The van der Waals surface area contributed by atoms with Gasteiger partial charge in [-0.15, -0.1) is 0 Å². The second-order valence-corrected chi connectivity index (χ2v) is 13.1. The summed E-state index contributed by atoms with van der Waals surface area (Å²) < 4.78 is 14.7. The summed E-state index contributed by atoms with van der Waals surface area (Å²) in [5.41, 5.74) is 9.38. The van der Waals surface area contributed by atoms with E-state index < -0.39 is 0 Å². The van der Waals surface area contributed by atoms with Gasteiger partial charge in [0.05, 0.1) is 17.6 Å². The van der Waals surface area contributed by atoms with Crippen molar-refractivity contribution in [1.29, 1.82) is 0 Å². The minimum absolute atomic E-state index is 0.548. The maximum absolute atomic E-state index is 7.68. The Morgan fingerprint density at radius 3 is 1.77 bits per heavy atom. The number of hydrogen-bond acceptors (Lipinski definition) is 5. The van der Waals surface area contributed by atoms with Crippen LogP contribution in [0, 0.1) is 6.57 Å². The third-order valence-electron chi connectivity index (χ3n) is 10.1. The smallest absolute Gasteiger partial charge is 0.238 e. The molecule has 7 nitrogen and oxygen atoms in total. The molecule has 0 aliphatic carbocycles. The molecule has 0 unspecified atom stereocenters. The maximum atomic E-state index is 7.68. The van der Waals surface area contributed by atoms with Gasteiger partial charge in [0.15, 0.2) is 17.3 Å². The van der Waals surface area contributed by atoms with Gasteiger partial charge in [-0.05, 0) is 65.7 Å². The number of benzene rings is 7. The van der Waals surface area contributed by atoms with Crippen molar-refractivity contribution in [2.24, 2.45) is 0 Å². The molecule has 7 aromatic carbocycles. The molecule has 0 fully saturated rings. The van der Waals surface area contributed by atoms with Crippen LogP contribution in [0.25, 0.3) is 110 Å². The van der Waals surface area contributed by atoms with Gasteiger partial charge < -0.3 is 8.83 Å². The summed E-state index contributed by atoms with van der Waals surface area (Å²) in [6.45, 7) is 7.68. The van der Waals surface area contributed by atoms with E-state index in [9.17, 15) is 0 Å². The zero-order chi connectivity index (χ0) is 35.0. The van der Waals surface area contributed by atoms with Crippen LogP contribution in [0.5, 0.6) is 0 Å². The van der Waals surface area contributed by atoms with Gasteiger partial charge in [0.1, 0.15) is 22.3 Å². The first-order valence-electron chi connectivity index (χ1n) is 17.3. The second-order valence-electron chi connectivity index (χ2n) is 13.1. The van der Waals surface area contributed by atoms with E-state index in [1.807, 2.05) is 78.9 Å². The van der Waals surface area contributed by atoms with Gasteiger partial charge >= 0.3 is 0 Å². The minimum Gasteiger partial charge on any atom is -0.457 e. The van der Waals surface area contributed by atoms with Crippen molar-refractivity contribution in [2.45, 2.75) is 0 Å². The highest BCUT2D eigenvalue weighted by Crippen LogP contribution is 2.40. The van der Waals surface area contributed by atoms with Gasteiger partial charge in [0.2, 0.25) is 5.95 Å². The zero-order valence-corrected chi connectivity index (χ0v) is 28.0. The molecule has 11 rings (SSSR count). The molecule has 0 aliphatic heterocycles. The number of para-hydroxylation sites is 2. The largest absolute Gasteiger partial charge is 0.457 e. The quantitative estimate of drug-likeness (QED) is 0.173. The van der Waals surface area contributed by atoms with Crippen LogP contribution in [-0.4, -0.2) is 19.5 Å². The second kappa shape index (κ2) is 11.2. The number of furan rings is 2. The molecule has 0 saturated heterocycles. The molecule has 0 N–H and O–H groups in total. The summed E-state index contributed by atoms with van der Waals surface area (Å²) in [4.78, 5) is 18.9. The van der Waals surface area contributed by atoms with Gasteiger partial charge in [0, 0.05) is 43.4 Å². The van der Waals surface area contributed by atoms with E-state index >= 15 is 0 Å². The molecule has 7 heteroatoms. The lowest BCUT2D eigenvalue weighted by Crippen LogP contribution is -2.06. The fraction of sp³-hybridized carbons (Fsp3) is 0. The van der Waals surface area contributed by atoms with Crippen LogP contribution in [0.15, 0.2) is 160 Å². The molecule has 246 valence electrons. The van der Waals surface area contributed by atoms with Crippen molar-refractivity contribution in [2.75, 3.05) is 0 Å². The Bertz CT molecular complexity index is 3260. The van der Waals surface area contributed by atoms with E-state index in [1.165, 1.54) is 0 Å². The number of nitrogens with zero attached hydrogens (tertiary/aromatic N) is 5. The third-order valence-corrected chi connectivity index (χ3v) is 10.1. The maximum Gasteiger partial charge on any atom is 0.238 e. The summed E-state index contributed by atoms with van der Waals surface area (Å²) in [6, 6.07) is 50.9. The Hall–Kier alpha value is -7.56. The number of aromatic nitrogens is 4. The average molecular weight is 680 g/mol. The fourth-order valence-electron chi connectivity index (χ4n) is 7.62. The molecule has 4 heterocycles. The van der Waals surface area contributed by atoms with Gasteiger partial charge in [-0.3, -0.25) is 4.57 Å². The first kappa shape index (κ1) is 29.2. The molecule has 11 aromatic rings. The van der Waals surface area contributed by atoms with Crippen LogP contribution in [0.4, 0.5) is 5.69 Å². The molecule has 0 amide bonds. The van der Waals surface area contributed by atoms with Crippen LogP contribution in [0.3, 0.4) is 0 Å². The van der Waals surface area contributed by atoms with Crippen LogP contribution in [0.2, 0.25) is 0 Å². The van der Waals surface area contributed by atoms with Crippen LogP contribution >= 0.6 is 0 Å². The summed E-state index contributed by atoms with van der Waals surface area (Å²) in [7, 11) is 0. The Morgan fingerprint density at radius 2 is 1.04 bits per heavy atom. The van der Waals surface area contributed by atoms with Crippen molar-refractivity contribution in [3.8, 4) is 39.9 Å². The summed E-state index contributed by atoms with van der Waals surface area (Å²) in [5, 5.41) is 6.07. The topological polar surface area (TPSA) is 74.2 Å². The average Bonchev–Trinajstić information content (AvgIpc) is 3.89. The summed E-state index contributed by atoms with van der Waals surface area (Å²) in [5.74, 6) is 1.69.